The first-order valence-corrected chi connectivity index (χ1v) is 8.77. The molecule has 0 atom stereocenters. The number of hydrogen-bond donors (Lipinski definition) is 2. The van der Waals surface area contributed by atoms with Gasteiger partial charge >= 0.3 is 0 Å². The zero-order valence-corrected chi connectivity index (χ0v) is 15.7. The highest BCUT2D eigenvalue weighted by molar-refractivity contribution is 6.04. The molecule has 0 aliphatic rings. The van der Waals surface area contributed by atoms with Crippen LogP contribution < -0.4 is 15.4 Å². The van der Waals surface area contributed by atoms with E-state index in [2.05, 4.69) is 10.6 Å². The molecule has 6 nitrogen and oxygen atoms in total. The van der Waals surface area contributed by atoms with Crippen molar-refractivity contribution in [2.75, 3.05) is 18.5 Å². The summed E-state index contributed by atoms with van der Waals surface area (Å²) in [6.07, 6.45) is 0. The van der Waals surface area contributed by atoms with Gasteiger partial charge in [-0.2, -0.15) is 0 Å². The highest BCUT2D eigenvalue weighted by atomic mass is 16.5. The summed E-state index contributed by atoms with van der Waals surface area (Å²) in [7, 11) is 0. The van der Waals surface area contributed by atoms with Gasteiger partial charge in [0.15, 0.2) is 12.4 Å². The van der Waals surface area contributed by atoms with Crippen LogP contribution >= 0.6 is 0 Å². The van der Waals surface area contributed by atoms with Gasteiger partial charge in [0, 0.05) is 12.1 Å². The highest BCUT2D eigenvalue weighted by Crippen LogP contribution is 2.16. The van der Waals surface area contributed by atoms with Crippen LogP contribution in [0.5, 0.6) is 5.75 Å². The third-order valence-electron chi connectivity index (χ3n) is 3.73. The van der Waals surface area contributed by atoms with Gasteiger partial charge in [-0.05, 0) is 37.1 Å². The van der Waals surface area contributed by atoms with Crippen LogP contribution in [0.25, 0.3) is 0 Å². The fourth-order valence-corrected chi connectivity index (χ4v) is 2.32. The molecule has 2 aromatic carbocycles. The Morgan fingerprint density at radius 1 is 1.04 bits per heavy atom. The standard InChI is InChI=1S/C21H24N2O4/c1-14(2)12-22-21(26)18-9-4-5-10-19(18)23-20(25)13-27-17-8-6-7-16(11-17)15(3)24/h4-11,14H,12-13H2,1-3H3,(H,22,26)(H,23,25). The van der Waals surface area contributed by atoms with Crippen LogP contribution in [0.3, 0.4) is 0 Å². The fourth-order valence-electron chi connectivity index (χ4n) is 2.32. The van der Waals surface area contributed by atoms with Crippen LogP contribution in [0.15, 0.2) is 48.5 Å². The van der Waals surface area contributed by atoms with Crippen molar-refractivity contribution >= 4 is 23.3 Å². The SMILES string of the molecule is CC(=O)c1cccc(OCC(=O)Nc2ccccc2C(=O)NCC(C)C)c1. The van der Waals surface area contributed by atoms with Crippen molar-refractivity contribution in [3.8, 4) is 5.75 Å². The third-order valence-corrected chi connectivity index (χ3v) is 3.73. The molecule has 0 aliphatic heterocycles. The lowest BCUT2D eigenvalue weighted by molar-refractivity contribution is -0.118. The van der Waals surface area contributed by atoms with Gasteiger partial charge in [0.25, 0.3) is 11.8 Å². The summed E-state index contributed by atoms with van der Waals surface area (Å²) in [5, 5.41) is 5.53. The number of carbonyl (C=O) groups is 3. The molecule has 0 fully saturated rings. The molecule has 0 bridgehead atoms. The second-order valence-corrected chi connectivity index (χ2v) is 6.57. The summed E-state index contributed by atoms with van der Waals surface area (Å²) in [5.41, 5.74) is 1.33. The molecule has 0 spiro atoms. The van der Waals surface area contributed by atoms with Gasteiger partial charge in [-0.1, -0.05) is 38.1 Å². The van der Waals surface area contributed by atoms with Crippen LogP contribution in [0, 0.1) is 5.92 Å². The average molecular weight is 368 g/mol. The van der Waals surface area contributed by atoms with Gasteiger partial charge in [-0.3, -0.25) is 14.4 Å². The largest absolute Gasteiger partial charge is 0.484 e. The van der Waals surface area contributed by atoms with E-state index in [9.17, 15) is 14.4 Å². The van der Waals surface area contributed by atoms with E-state index < -0.39 is 5.91 Å². The predicted molar refractivity (Wildman–Crippen MR) is 104 cm³/mol. The number of rotatable bonds is 8. The molecular weight excluding hydrogens is 344 g/mol. The summed E-state index contributed by atoms with van der Waals surface area (Å²) in [6, 6.07) is 13.4. The molecule has 2 rings (SSSR count). The second-order valence-electron chi connectivity index (χ2n) is 6.57. The summed E-state index contributed by atoms with van der Waals surface area (Å²) in [4.78, 5) is 35.9. The average Bonchev–Trinajstić information content (AvgIpc) is 2.65. The van der Waals surface area contributed by atoms with E-state index in [0.29, 0.717) is 35.0 Å². The molecule has 2 amide bonds. The Kier molecular flexibility index (Phi) is 7.11. The number of benzene rings is 2. The Hall–Kier alpha value is -3.15. The van der Waals surface area contributed by atoms with Crippen molar-refractivity contribution in [2.24, 2.45) is 5.92 Å². The minimum Gasteiger partial charge on any atom is -0.484 e. The number of hydrogen-bond acceptors (Lipinski definition) is 4. The van der Waals surface area contributed by atoms with Crippen LogP contribution in [0.4, 0.5) is 5.69 Å². The second kappa shape index (κ2) is 9.52. The number of anilines is 1. The Balaban J connectivity index is 1.99. The van der Waals surface area contributed by atoms with Gasteiger partial charge < -0.3 is 15.4 Å². The predicted octanol–water partition coefficient (Wildman–Crippen LogP) is 3.29. The van der Waals surface area contributed by atoms with Crippen molar-refractivity contribution in [2.45, 2.75) is 20.8 Å². The minimum absolute atomic E-state index is 0.0776. The Morgan fingerprint density at radius 2 is 1.78 bits per heavy atom. The molecule has 27 heavy (non-hydrogen) atoms. The number of ketones is 1. The summed E-state index contributed by atoms with van der Waals surface area (Å²) >= 11 is 0. The summed E-state index contributed by atoms with van der Waals surface area (Å²) in [5.74, 6) is 0.0453. The van der Waals surface area contributed by atoms with E-state index in [4.69, 9.17) is 4.74 Å². The van der Waals surface area contributed by atoms with E-state index in [-0.39, 0.29) is 18.3 Å². The van der Waals surface area contributed by atoms with Gasteiger partial charge in [-0.15, -0.1) is 0 Å². The van der Waals surface area contributed by atoms with E-state index in [1.54, 1.807) is 48.5 Å². The lowest BCUT2D eigenvalue weighted by atomic mass is 10.1. The van der Waals surface area contributed by atoms with Gasteiger partial charge in [0.05, 0.1) is 11.3 Å². The number of carbonyl (C=O) groups excluding carboxylic acids is 3. The summed E-state index contributed by atoms with van der Waals surface area (Å²) < 4.78 is 5.45. The topological polar surface area (TPSA) is 84.5 Å². The first kappa shape index (κ1) is 20.2. The maximum absolute atomic E-state index is 12.3. The van der Waals surface area contributed by atoms with Gasteiger partial charge in [-0.25, -0.2) is 0 Å². The molecular formula is C21H24N2O4. The van der Waals surface area contributed by atoms with Crippen molar-refractivity contribution in [1.29, 1.82) is 0 Å². The Bertz CT molecular complexity index is 830. The van der Waals surface area contributed by atoms with Gasteiger partial charge in [0.2, 0.25) is 0 Å². The molecule has 0 heterocycles. The molecule has 0 aliphatic carbocycles. The molecule has 0 aromatic heterocycles. The fraction of sp³-hybridized carbons (Fsp3) is 0.286. The number of amides is 2. The maximum atomic E-state index is 12.3. The third kappa shape index (κ3) is 6.26. The Morgan fingerprint density at radius 3 is 2.48 bits per heavy atom. The molecule has 0 saturated heterocycles. The minimum atomic E-state index is -0.396. The molecule has 142 valence electrons. The molecule has 2 N–H and O–H groups in total. The van der Waals surface area contributed by atoms with E-state index >= 15 is 0 Å². The molecule has 0 saturated carbocycles. The van der Waals surface area contributed by atoms with Crippen molar-refractivity contribution in [3.05, 3.63) is 59.7 Å². The van der Waals surface area contributed by atoms with Crippen molar-refractivity contribution < 1.29 is 19.1 Å². The number of Topliss-reactive ketones (excluding diaryl/α,β-unsaturated/α-hetero) is 1. The monoisotopic (exact) mass is 368 g/mol. The first-order chi connectivity index (χ1) is 12.9. The van der Waals surface area contributed by atoms with Crippen LogP contribution in [0.1, 0.15) is 41.5 Å². The Labute approximate surface area is 158 Å². The van der Waals surface area contributed by atoms with E-state index in [1.165, 1.54) is 6.92 Å². The number of ether oxygens (including phenoxy) is 1. The lowest BCUT2D eigenvalue weighted by Gasteiger charge is -2.13. The first-order valence-electron chi connectivity index (χ1n) is 8.77. The van der Waals surface area contributed by atoms with Crippen molar-refractivity contribution in [1.82, 2.24) is 5.32 Å². The number of para-hydroxylation sites is 1. The lowest BCUT2D eigenvalue weighted by Crippen LogP contribution is -2.29. The van der Waals surface area contributed by atoms with E-state index in [0.717, 1.165) is 0 Å². The van der Waals surface area contributed by atoms with Crippen molar-refractivity contribution in [3.63, 3.8) is 0 Å². The van der Waals surface area contributed by atoms with E-state index in [1.807, 2.05) is 13.8 Å². The highest BCUT2D eigenvalue weighted by Gasteiger charge is 2.13. The van der Waals surface area contributed by atoms with Crippen LogP contribution in [-0.2, 0) is 4.79 Å². The molecule has 0 radical (unpaired) electrons. The summed E-state index contributed by atoms with van der Waals surface area (Å²) in [6.45, 7) is 5.80. The quantitative estimate of drug-likeness (QED) is 0.700. The zero-order valence-electron chi connectivity index (χ0n) is 15.7. The van der Waals surface area contributed by atoms with Gasteiger partial charge in [0.1, 0.15) is 5.75 Å². The molecule has 2 aromatic rings. The maximum Gasteiger partial charge on any atom is 0.262 e. The van der Waals surface area contributed by atoms with Crippen LogP contribution in [-0.4, -0.2) is 30.7 Å². The zero-order chi connectivity index (χ0) is 19.8. The smallest absolute Gasteiger partial charge is 0.262 e. The number of nitrogens with one attached hydrogen (secondary N) is 2. The molecule has 6 heteroatoms. The van der Waals surface area contributed by atoms with Crippen LogP contribution in [0.2, 0.25) is 0 Å². The molecule has 0 unspecified atom stereocenters. The normalized spacial score (nSPS) is 10.4.